The average molecular weight is 364 g/mol. The third kappa shape index (κ3) is 3.64. The van der Waals surface area contributed by atoms with Crippen molar-refractivity contribution in [2.24, 2.45) is 5.92 Å². The highest BCUT2D eigenvalue weighted by Gasteiger charge is 2.52. The van der Waals surface area contributed by atoms with Crippen molar-refractivity contribution in [1.82, 2.24) is 4.90 Å². The Labute approximate surface area is 162 Å². The third-order valence-electron chi connectivity index (χ3n) is 5.59. The molecule has 4 atom stereocenters. The van der Waals surface area contributed by atoms with Crippen molar-refractivity contribution in [1.29, 1.82) is 0 Å². The summed E-state index contributed by atoms with van der Waals surface area (Å²) in [5.74, 6) is 0.681. The Hall–Kier alpha value is -2.55. The van der Waals surface area contributed by atoms with Crippen molar-refractivity contribution in [3.05, 3.63) is 83.9 Å². The molecule has 142 valence electrons. The van der Waals surface area contributed by atoms with Gasteiger partial charge in [0.15, 0.2) is 0 Å². The molecule has 1 amide bonds. The topological polar surface area (TPSA) is 29.5 Å². The molecule has 0 radical (unpaired) electrons. The van der Waals surface area contributed by atoms with Gasteiger partial charge in [0.25, 0.3) is 0 Å². The van der Waals surface area contributed by atoms with Crippen molar-refractivity contribution < 1.29 is 9.53 Å². The maximum atomic E-state index is 12.8. The van der Waals surface area contributed by atoms with Gasteiger partial charge in [0.2, 0.25) is 0 Å². The first-order chi connectivity index (χ1) is 13.1. The largest absolute Gasteiger partial charge is 0.453 e. The van der Waals surface area contributed by atoms with Gasteiger partial charge in [-0.25, -0.2) is 4.79 Å². The minimum atomic E-state index is -0.254. The summed E-state index contributed by atoms with van der Waals surface area (Å²) in [6, 6.07) is 21.2. The van der Waals surface area contributed by atoms with Crippen LogP contribution >= 0.6 is 0 Å². The predicted molar refractivity (Wildman–Crippen MR) is 110 cm³/mol. The molecule has 3 nitrogen and oxygen atoms in total. The van der Waals surface area contributed by atoms with Gasteiger partial charge in [0.1, 0.15) is 0 Å². The fourth-order valence-corrected chi connectivity index (χ4v) is 4.62. The number of nitrogens with zero attached hydrogens (tertiary/aromatic N) is 1. The maximum absolute atomic E-state index is 12.8. The first-order valence-corrected chi connectivity index (χ1v) is 9.69. The number of benzene rings is 2. The van der Waals surface area contributed by atoms with Gasteiger partial charge in [-0.3, -0.25) is 4.90 Å². The van der Waals surface area contributed by atoms with E-state index in [1.54, 1.807) is 0 Å². The van der Waals surface area contributed by atoms with Crippen LogP contribution in [0.1, 0.15) is 43.7 Å². The van der Waals surface area contributed by atoms with Crippen LogP contribution in [0.2, 0.25) is 0 Å². The van der Waals surface area contributed by atoms with E-state index in [4.69, 9.17) is 4.74 Å². The molecular weight excluding hydrogens is 334 g/mol. The highest BCUT2D eigenvalue weighted by molar-refractivity contribution is 5.70. The number of rotatable bonds is 4. The summed E-state index contributed by atoms with van der Waals surface area (Å²) in [5.41, 5.74) is 2.53. The second kappa shape index (κ2) is 8.43. The minimum Gasteiger partial charge on any atom is -0.453 e. The van der Waals surface area contributed by atoms with Crippen LogP contribution in [0.25, 0.3) is 0 Å². The lowest BCUT2D eigenvalue weighted by Crippen LogP contribution is -2.44. The zero-order valence-corrected chi connectivity index (χ0v) is 16.6. The molecule has 0 aliphatic carbocycles. The molecule has 1 heterocycles. The number of carbonyl (C=O) groups is 1. The molecule has 0 unspecified atom stereocenters. The Bertz CT molecular complexity index is 769. The Morgan fingerprint density at radius 3 is 1.93 bits per heavy atom. The summed E-state index contributed by atoms with van der Waals surface area (Å²) in [5, 5.41) is 0. The number of likely N-dealkylation sites (tertiary alicyclic amines) is 1. The van der Waals surface area contributed by atoms with Crippen molar-refractivity contribution in [2.45, 2.75) is 44.7 Å². The van der Waals surface area contributed by atoms with E-state index in [0.717, 1.165) is 0 Å². The lowest BCUT2D eigenvalue weighted by atomic mass is 9.75. The van der Waals surface area contributed by atoms with Gasteiger partial charge < -0.3 is 4.74 Å². The summed E-state index contributed by atoms with van der Waals surface area (Å²) in [6.45, 7) is 6.39. The van der Waals surface area contributed by atoms with Crippen LogP contribution in [0.4, 0.5) is 4.79 Å². The molecule has 0 saturated carbocycles. The van der Waals surface area contributed by atoms with Crippen LogP contribution in [0.5, 0.6) is 0 Å². The van der Waals surface area contributed by atoms with E-state index in [2.05, 4.69) is 68.5 Å². The molecule has 27 heavy (non-hydrogen) atoms. The highest BCUT2D eigenvalue weighted by Crippen LogP contribution is 2.50. The monoisotopic (exact) mass is 363 g/mol. The molecular formula is C24H29NO2. The Balaban J connectivity index is 2.22. The van der Waals surface area contributed by atoms with E-state index in [1.165, 1.54) is 18.2 Å². The molecule has 2 aromatic rings. The van der Waals surface area contributed by atoms with Crippen molar-refractivity contribution in [2.75, 3.05) is 7.11 Å². The van der Waals surface area contributed by atoms with Gasteiger partial charge >= 0.3 is 6.09 Å². The van der Waals surface area contributed by atoms with E-state index < -0.39 is 0 Å². The lowest BCUT2D eigenvalue weighted by molar-refractivity contribution is 0.0971. The van der Waals surface area contributed by atoms with Crippen molar-refractivity contribution in [3.8, 4) is 0 Å². The fourth-order valence-electron chi connectivity index (χ4n) is 4.62. The Kier molecular flexibility index (Phi) is 6.00. The smallest absolute Gasteiger partial charge is 0.410 e. The number of methoxy groups -OCH3 is 1. The summed E-state index contributed by atoms with van der Waals surface area (Å²) < 4.78 is 5.21. The van der Waals surface area contributed by atoms with Crippen LogP contribution in [-0.2, 0) is 4.74 Å². The van der Waals surface area contributed by atoms with Gasteiger partial charge in [0.05, 0.1) is 13.2 Å². The number of amides is 1. The number of ether oxygens (including phenoxy) is 1. The van der Waals surface area contributed by atoms with Gasteiger partial charge in [-0.15, -0.1) is 0 Å². The van der Waals surface area contributed by atoms with Crippen LogP contribution in [0, 0.1) is 5.92 Å². The third-order valence-corrected chi connectivity index (χ3v) is 5.59. The van der Waals surface area contributed by atoms with Gasteiger partial charge in [-0.05, 0) is 24.0 Å². The first-order valence-electron chi connectivity index (χ1n) is 9.69. The van der Waals surface area contributed by atoms with Gasteiger partial charge in [-0.1, -0.05) is 86.7 Å². The molecule has 0 aromatic heterocycles. The van der Waals surface area contributed by atoms with E-state index in [-0.39, 0.29) is 30.0 Å². The fraction of sp³-hybridized carbons (Fsp3) is 0.375. The molecule has 2 aromatic carbocycles. The number of allylic oxidation sites excluding steroid dienone is 1. The number of carbonyl (C=O) groups excluding carboxylic acids is 1. The molecule has 0 bridgehead atoms. The summed E-state index contributed by atoms with van der Waals surface area (Å²) in [4.78, 5) is 14.8. The van der Waals surface area contributed by atoms with Gasteiger partial charge in [-0.2, -0.15) is 0 Å². The van der Waals surface area contributed by atoms with Crippen LogP contribution in [0.15, 0.2) is 72.8 Å². The van der Waals surface area contributed by atoms with Crippen LogP contribution in [0.3, 0.4) is 0 Å². The number of hydrogen-bond acceptors (Lipinski definition) is 2. The molecule has 0 spiro atoms. The minimum absolute atomic E-state index is 0.0394. The SMILES string of the molecule is C/C=C/[C@H]1[C@H](c2ccccc2)[C@@H](c2ccccc2)[C@@H](C(C)C)N1C(=O)OC. The van der Waals surface area contributed by atoms with Crippen molar-refractivity contribution >= 4 is 6.09 Å². The molecule has 1 saturated heterocycles. The molecule has 3 rings (SSSR count). The number of hydrogen-bond donors (Lipinski definition) is 0. The van der Waals surface area contributed by atoms with Crippen LogP contribution in [-0.4, -0.2) is 30.2 Å². The van der Waals surface area contributed by atoms with E-state index in [0.29, 0.717) is 5.92 Å². The van der Waals surface area contributed by atoms with Crippen molar-refractivity contribution in [3.63, 3.8) is 0 Å². The second-order valence-corrected chi connectivity index (χ2v) is 7.50. The Morgan fingerprint density at radius 1 is 0.963 bits per heavy atom. The lowest BCUT2D eigenvalue weighted by Gasteiger charge is -2.32. The zero-order chi connectivity index (χ0) is 19.4. The predicted octanol–water partition coefficient (Wildman–Crippen LogP) is 5.61. The molecule has 1 fully saturated rings. The van der Waals surface area contributed by atoms with Crippen LogP contribution < -0.4 is 0 Å². The second-order valence-electron chi connectivity index (χ2n) is 7.50. The normalized spacial score (nSPS) is 25.3. The summed E-state index contributed by atoms with van der Waals surface area (Å²) in [6.07, 6.45) is 3.94. The summed E-state index contributed by atoms with van der Waals surface area (Å²) in [7, 11) is 1.47. The van der Waals surface area contributed by atoms with E-state index >= 15 is 0 Å². The molecule has 1 aliphatic heterocycles. The first kappa shape index (κ1) is 19.2. The molecule has 1 aliphatic rings. The average Bonchev–Trinajstić information content (AvgIpc) is 3.04. The maximum Gasteiger partial charge on any atom is 0.410 e. The Morgan fingerprint density at radius 2 is 1.48 bits per heavy atom. The van der Waals surface area contributed by atoms with E-state index in [9.17, 15) is 4.79 Å². The summed E-state index contributed by atoms with van der Waals surface area (Å²) >= 11 is 0. The molecule has 3 heteroatoms. The molecule has 0 N–H and O–H groups in total. The zero-order valence-electron chi connectivity index (χ0n) is 16.6. The van der Waals surface area contributed by atoms with E-state index in [1.807, 2.05) is 30.0 Å². The standard InChI is InChI=1S/C24H29NO2/c1-5-12-20-21(18-13-8-6-9-14-18)22(19-15-10-7-11-16-19)23(17(2)3)25(20)24(26)27-4/h5-17,20-23H,1-4H3/b12-5+/t20-,21-,22+,23+/m0/s1. The quantitative estimate of drug-likeness (QED) is 0.661. The van der Waals surface area contributed by atoms with Gasteiger partial charge in [0, 0.05) is 17.9 Å². The highest BCUT2D eigenvalue weighted by atomic mass is 16.5.